The number of halogens is 2. The van der Waals surface area contributed by atoms with Crippen LogP contribution in [0.5, 0.6) is 5.75 Å². The average molecular weight is 348 g/mol. The molecule has 2 N–H and O–H groups in total. The van der Waals surface area contributed by atoms with Gasteiger partial charge >= 0.3 is 5.97 Å². The van der Waals surface area contributed by atoms with Crippen LogP contribution in [-0.2, 0) is 0 Å². The lowest BCUT2D eigenvalue weighted by Crippen LogP contribution is -2.06. The summed E-state index contributed by atoms with van der Waals surface area (Å²) in [5.74, 6) is -1.43. The number of nitrogens with one attached hydrogen (secondary N) is 1. The second kappa shape index (κ2) is 5.95. The molecule has 116 valence electrons. The summed E-state index contributed by atoms with van der Waals surface area (Å²) in [7, 11) is 0. The monoisotopic (exact) mass is 347 g/mol. The Morgan fingerprint density at radius 2 is 1.91 bits per heavy atom. The van der Waals surface area contributed by atoms with Crippen molar-refractivity contribution in [3.8, 4) is 5.75 Å². The molecule has 0 aliphatic heterocycles. The zero-order valence-electron chi connectivity index (χ0n) is 11.5. The van der Waals surface area contributed by atoms with Gasteiger partial charge in [-0.25, -0.2) is 4.79 Å². The lowest BCUT2D eigenvalue weighted by molar-refractivity contribution is -0.267. The van der Waals surface area contributed by atoms with E-state index in [4.69, 9.17) is 23.2 Å². The molecule has 0 aliphatic carbocycles. The van der Waals surface area contributed by atoms with Gasteiger partial charge < -0.3 is 15.5 Å². The molecule has 23 heavy (non-hydrogen) atoms. The molecule has 0 unspecified atom stereocenters. The minimum atomic E-state index is -1.17. The number of benzene rings is 2. The Balaban J connectivity index is 2.28. The predicted octanol–water partition coefficient (Wildman–Crippen LogP) is 4.06. The molecule has 0 bridgehead atoms. The van der Waals surface area contributed by atoms with Crippen LogP contribution in [0.4, 0.5) is 11.4 Å². The van der Waals surface area contributed by atoms with Crippen LogP contribution in [0.2, 0.25) is 10.0 Å². The molecule has 7 heteroatoms. The maximum absolute atomic E-state index is 11.9. The van der Waals surface area contributed by atoms with Gasteiger partial charge in [0.25, 0.3) is 0 Å². The molecule has 3 rings (SSSR count). The molecule has 1 aromatic heterocycles. The highest BCUT2D eigenvalue weighted by Crippen LogP contribution is 2.36. The number of fused-ring (bicyclic) bond motifs is 1. The summed E-state index contributed by atoms with van der Waals surface area (Å²) in [5.41, 5.74) is 0.784. The quantitative estimate of drug-likeness (QED) is 0.746. The summed E-state index contributed by atoms with van der Waals surface area (Å²) >= 11 is 12.1. The second-order valence-electron chi connectivity index (χ2n) is 4.73. The van der Waals surface area contributed by atoms with Gasteiger partial charge in [-0.3, -0.25) is 4.98 Å². The summed E-state index contributed by atoms with van der Waals surface area (Å²) < 4.78 is 0. The minimum absolute atomic E-state index is 0.0702. The van der Waals surface area contributed by atoms with Crippen molar-refractivity contribution in [2.45, 2.75) is 0 Å². The van der Waals surface area contributed by atoms with Crippen molar-refractivity contribution in [2.75, 3.05) is 5.32 Å². The summed E-state index contributed by atoms with van der Waals surface area (Å²) in [6.07, 6.45) is 1.18. The van der Waals surface area contributed by atoms with E-state index in [9.17, 15) is 15.0 Å². The van der Waals surface area contributed by atoms with Crippen molar-refractivity contribution in [3.05, 3.63) is 58.2 Å². The highest BCUT2D eigenvalue weighted by atomic mass is 35.5. The van der Waals surface area contributed by atoms with Crippen molar-refractivity contribution in [1.82, 2.24) is 4.98 Å². The fraction of sp³-hybridized carbons (Fsp3) is 0. The highest BCUT2D eigenvalue weighted by molar-refractivity contribution is 6.45. The van der Waals surface area contributed by atoms with Crippen LogP contribution >= 0.6 is 23.2 Å². The van der Waals surface area contributed by atoms with Gasteiger partial charge in [-0.05, 0) is 18.2 Å². The Bertz CT molecular complexity index is 929. The van der Waals surface area contributed by atoms with E-state index in [-0.39, 0.29) is 27.7 Å². The summed E-state index contributed by atoms with van der Waals surface area (Å²) in [6.45, 7) is 0. The van der Waals surface area contributed by atoms with Crippen LogP contribution < -0.4 is 10.4 Å². The van der Waals surface area contributed by atoms with Gasteiger partial charge in [0.15, 0.2) is 0 Å². The van der Waals surface area contributed by atoms with E-state index in [2.05, 4.69) is 10.3 Å². The number of rotatable bonds is 3. The number of para-hydroxylation sites is 2. The third-order valence-corrected chi connectivity index (χ3v) is 4.10. The van der Waals surface area contributed by atoms with E-state index < -0.39 is 5.97 Å². The molecule has 0 aliphatic rings. The first-order valence-corrected chi connectivity index (χ1v) is 7.27. The Morgan fingerprint density at radius 3 is 2.61 bits per heavy atom. The van der Waals surface area contributed by atoms with Crippen molar-refractivity contribution < 1.29 is 15.0 Å². The Morgan fingerprint density at radius 1 is 1.17 bits per heavy atom. The van der Waals surface area contributed by atoms with Gasteiger partial charge in [-0.15, -0.1) is 0 Å². The van der Waals surface area contributed by atoms with Crippen molar-refractivity contribution in [3.63, 3.8) is 0 Å². The number of aromatic carboxylic acids is 1. The summed E-state index contributed by atoms with van der Waals surface area (Å²) in [4.78, 5) is 15.5. The van der Waals surface area contributed by atoms with Gasteiger partial charge in [0, 0.05) is 17.3 Å². The smallest absolute Gasteiger partial charge is 0.339 e. The van der Waals surface area contributed by atoms with E-state index in [1.54, 1.807) is 30.3 Å². The van der Waals surface area contributed by atoms with Crippen LogP contribution in [-0.4, -0.2) is 16.1 Å². The fourth-order valence-corrected chi connectivity index (χ4v) is 2.57. The number of carboxylic acids is 1. The first kappa shape index (κ1) is 15.4. The third kappa shape index (κ3) is 2.76. The molecule has 0 atom stereocenters. The molecule has 0 saturated carbocycles. The Labute approximate surface area is 141 Å². The molecule has 3 aromatic rings. The van der Waals surface area contributed by atoms with Crippen LogP contribution in [0.1, 0.15) is 10.4 Å². The molecular formula is C16H9Cl2N2O3-. The van der Waals surface area contributed by atoms with Crippen LogP contribution in [0.3, 0.4) is 0 Å². The first-order chi connectivity index (χ1) is 11.0. The zero-order chi connectivity index (χ0) is 16.6. The predicted molar refractivity (Wildman–Crippen MR) is 87.9 cm³/mol. The molecule has 0 spiro atoms. The van der Waals surface area contributed by atoms with Gasteiger partial charge in [-0.2, -0.15) is 0 Å². The average Bonchev–Trinajstić information content (AvgIpc) is 2.53. The number of aromatic nitrogens is 1. The second-order valence-corrected chi connectivity index (χ2v) is 5.52. The largest absolute Gasteiger partial charge is 0.871 e. The maximum atomic E-state index is 11.9. The Kier molecular flexibility index (Phi) is 3.98. The van der Waals surface area contributed by atoms with Crippen molar-refractivity contribution in [1.29, 1.82) is 0 Å². The Hall–Kier alpha value is -2.50. The SMILES string of the molecule is O=C(O)c1cnc2c(Cl)c(Cl)ccc2c1Nc1ccccc1[O-]. The molecule has 2 aromatic carbocycles. The minimum Gasteiger partial charge on any atom is -0.871 e. The lowest BCUT2D eigenvalue weighted by atomic mass is 10.1. The topological polar surface area (TPSA) is 85.3 Å². The van der Waals surface area contributed by atoms with E-state index in [0.29, 0.717) is 15.9 Å². The number of nitrogens with zero attached hydrogens (tertiary/aromatic N) is 1. The van der Waals surface area contributed by atoms with E-state index in [1.807, 2.05) is 0 Å². The number of pyridine rings is 1. The number of carbonyl (C=O) groups is 1. The number of carboxylic acid groups (broad SMARTS) is 1. The van der Waals surface area contributed by atoms with E-state index in [1.165, 1.54) is 12.3 Å². The highest BCUT2D eigenvalue weighted by Gasteiger charge is 2.17. The van der Waals surface area contributed by atoms with Crippen LogP contribution in [0.15, 0.2) is 42.6 Å². The number of hydrogen-bond donors (Lipinski definition) is 2. The van der Waals surface area contributed by atoms with Gasteiger partial charge in [-0.1, -0.05) is 47.2 Å². The van der Waals surface area contributed by atoms with Gasteiger partial charge in [0.2, 0.25) is 0 Å². The summed E-state index contributed by atoms with van der Waals surface area (Å²) in [5, 5.41) is 25.1. The molecule has 0 saturated heterocycles. The molecule has 5 nitrogen and oxygen atoms in total. The standard InChI is InChI=1S/C16H10Cl2N2O3/c17-10-6-5-8-14(20-11-3-1-2-4-12(11)21)9(16(22)23)7-19-15(8)13(10)18/h1-7,21H,(H,19,20)(H,22,23)/p-1. The number of anilines is 2. The third-order valence-electron chi connectivity index (χ3n) is 3.31. The summed E-state index contributed by atoms with van der Waals surface area (Å²) in [6, 6.07) is 9.39. The molecule has 0 fully saturated rings. The van der Waals surface area contributed by atoms with E-state index in [0.717, 1.165) is 0 Å². The fourth-order valence-electron chi connectivity index (χ4n) is 2.21. The number of hydrogen-bond acceptors (Lipinski definition) is 4. The maximum Gasteiger partial charge on any atom is 0.339 e. The zero-order valence-corrected chi connectivity index (χ0v) is 13.0. The first-order valence-electron chi connectivity index (χ1n) is 6.52. The van der Waals surface area contributed by atoms with Crippen molar-refractivity contribution in [2.24, 2.45) is 0 Å². The normalized spacial score (nSPS) is 10.7. The van der Waals surface area contributed by atoms with Crippen molar-refractivity contribution >= 4 is 51.4 Å². The molecule has 0 radical (unpaired) electrons. The lowest BCUT2D eigenvalue weighted by Gasteiger charge is -2.18. The van der Waals surface area contributed by atoms with Gasteiger partial charge in [0.05, 0.1) is 21.2 Å². The molecular weight excluding hydrogens is 339 g/mol. The molecule has 0 amide bonds. The van der Waals surface area contributed by atoms with Crippen LogP contribution in [0, 0.1) is 0 Å². The van der Waals surface area contributed by atoms with E-state index >= 15 is 0 Å². The van der Waals surface area contributed by atoms with Gasteiger partial charge in [0.1, 0.15) is 5.56 Å². The van der Waals surface area contributed by atoms with Crippen LogP contribution in [0.25, 0.3) is 10.9 Å². The molecule has 1 heterocycles.